The Morgan fingerprint density at radius 1 is 1.04 bits per heavy atom. The molecule has 0 saturated heterocycles. The number of phenolic OH excluding ortho intramolecular Hbond substituents is 1. The van der Waals surface area contributed by atoms with Gasteiger partial charge in [0.15, 0.2) is 0 Å². The molecule has 5 nitrogen and oxygen atoms in total. The number of benzene rings is 2. The van der Waals surface area contributed by atoms with Gasteiger partial charge in [0.1, 0.15) is 18.1 Å². The molecule has 0 spiro atoms. The normalized spacial score (nSPS) is 12.2. The van der Waals surface area contributed by atoms with Crippen molar-refractivity contribution in [1.82, 2.24) is 4.90 Å². The van der Waals surface area contributed by atoms with Crippen molar-refractivity contribution in [3.63, 3.8) is 0 Å². The molecule has 2 rings (SSSR count). The van der Waals surface area contributed by atoms with Crippen LogP contribution in [0.25, 0.3) is 0 Å². The van der Waals surface area contributed by atoms with Crippen molar-refractivity contribution in [3.05, 3.63) is 54.1 Å². The number of hydrogen-bond acceptors (Lipinski definition) is 5. The molecule has 0 heterocycles. The zero-order valence-electron chi connectivity index (χ0n) is 14.6. The SMILES string of the molecule is CN(C)CCOc1ccccc1C(CN)N(C)c1ccc(O)cc1. The van der Waals surface area contributed by atoms with Gasteiger partial charge in [-0.3, -0.25) is 0 Å². The number of ether oxygens (including phenoxy) is 1. The number of hydrogen-bond donors (Lipinski definition) is 2. The number of nitrogens with zero attached hydrogens (tertiary/aromatic N) is 2. The fraction of sp³-hybridized carbons (Fsp3) is 0.368. The summed E-state index contributed by atoms with van der Waals surface area (Å²) < 4.78 is 5.97. The Labute approximate surface area is 144 Å². The lowest BCUT2D eigenvalue weighted by molar-refractivity contribution is 0.258. The molecule has 0 aliphatic carbocycles. The summed E-state index contributed by atoms with van der Waals surface area (Å²) in [5.41, 5.74) is 8.12. The van der Waals surface area contributed by atoms with Crippen molar-refractivity contribution in [3.8, 4) is 11.5 Å². The molecule has 0 aliphatic heterocycles. The first-order chi connectivity index (χ1) is 11.5. The average molecular weight is 329 g/mol. The molecule has 2 aromatic rings. The lowest BCUT2D eigenvalue weighted by atomic mass is 10.0. The van der Waals surface area contributed by atoms with E-state index in [0.717, 1.165) is 23.5 Å². The van der Waals surface area contributed by atoms with E-state index in [1.165, 1.54) is 0 Å². The van der Waals surface area contributed by atoms with Gasteiger partial charge < -0.3 is 25.4 Å². The van der Waals surface area contributed by atoms with Gasteiger partial charge in [-0.15, -0.1) is 0 Å². The van der Waals surface area contributed by atoms with E-state index in [2.05, 4.69) is 15.9 Å². The summed E-state index contributed by atoms with van der Waals surface area (Å²) in [6.07, 6.45) is 0. The van der Waals surface area contributed by atoms with Gasteiger partial charge in [-0.05, 0) is 44.4 Å². The number of anilines is 1. The van der Waals surface area contributed by atoms with E-state index in [9.17, 15) is 5.11 Å². The van der Waals surface area contributed by atoms with E-state index in [4.69, 9.17) is 10.5 Å². The van der Waals surface area contributed by atoms with E-state index >= 15 is 0 Å². The summed E-state index contributed by atoms with van der Waals surface area (Å²) >= 11 is 0. The standard InChI is InChI=1S/C19H27N3O2/c1-21(2)12-13-24-19-7-5-4-6-17(19)18(14-20)22(3)15-8-10-16(23)11-9-15/h4-11,18,23H,12-14,20H2,1-3H3. The molecule has 2 aromatic carbocycles. The van der Waals surface area contributed by atoms with Crippen LogP contribution in [0.5, 0.6) is 11.5 Å². The van der Waals surface area contributed by atoms with Gasteiger partial charge >= 0.3 is 0 Å². The van der Waals surface area contributed by atoms with E-state index in [0.29, 0.717) is 13.2 Å². The lowest BCUT2D eigenvalue weighted by Crippen LogP contribution is -2.31. The van der Waals surface area contributed by atoms with E-state index in [1.807, 2.05) is 51.5 Å². The first kappa shape index (κ1) is 18.1. The smallest absolute Gasteiger partial charge is 0.124 e. The number of aromatic hydroxyl groups is 1. The van der Waals surface area contributed by atoms with Crippen molar-refractivity contribution in [1.29, 1.82) is 0 Å². The van der Waals surface area contributed by atoms with Crippen LogP contribution in [-0.4, -0.2) is 50.8 Å². The molecular weight excluding hydrogens is 302 g/mol. The molecule has 0 aromatic heterocycles. The largest absolute Gasteiger partial charge is 0.508 e. The molecule has 130 valence electrons. The number of rotatable bonds is 8. The number of phenols is 1. The minimum atomic E-state index is -0.00917. The van der Waals surface area contributed by atoms with Gasteiger partial charge in [-0.25, -0.2) is 0 Å². The number of nitrogens with two attached hydrogens (primary N) is 1. The molecule has 0 aliphatic rings. The van der Waals surface area contributed by atoms with E-state index in [1.54, 1.807) is 12.1 Å². The average Bonchev–Trinajstić information content (AvgIpc) is 2.57. The number of likely N-dealkylation sites (N-methyl/N-ethyl adjacent to an activating group) is 2. The van der Waals surface area contributed by atoms with Crippen LogP contribution in [0.15, 0.2) is 48.5 Å². The van der Waals surface area contributed by atoms with Gasteiger partial charge in [0.25, 0.3) is 0 Å². The van der Waals surface area contributed by atoms with Gasteiger partial charge in [0, 0.05) is 31.4 Å². The van der Waals surface area contributed by atoms with Gasteiger partial charge in [0.05, 0.1) is 6.04 Å². The Hall–Kier alpha value is -2.24. The lowest BCUT2D eigenvalue weighted by Gasteiger charge is -2.30. The Balaban J connectivity index is 2.21. The molecule has 5 heteroatoms. The zero-order chi connectivity index (χ0) is 17.5. The third-order valence-corrected chi connectivity index (χ3v) is 4.02. The van der Waals surface area contributed by atoms with Crippen molar-refractivity contribution in [2.24, 2.45) is 5.73 Å². The summed E-state index contributed by atoms with van der Waals surface area (Å²) in [7, 11) is 6.05. The predicted molar refractivity (Wildman–Crippen MR) is 98.8 cm³/mol. The zero-order valence-corrected chi connectivity index (χ0v) is 14.6. The van der Waals surface area contributed by atoms with E-state index in [-0.39, 0.29) is 11.8 Å². The maximum Gasteiger partial charge on any atom is 0.124 e. The highest BCUT2D eigenvalue weighted by Crippen LogP contribution is 2.31. The maximum atomic E-state index is 9.47. The molecule has 24 heavy (non-hydrogen) atoms. The minimum absolute atomic E-state index is 0.00917. The van der Waals surface area contributed by atoms with Gasteiger partial charge in [-0.2, -0.15) is 0 Å². The Bertz CT molecular complexity index is 629. The highest BCUT2D eigenvalue weighted by Gasteiger charge is 2.20. The number of para-hydroxylation sites is 1. The summed E-state index contributed by atoms with van der Waals surface area (Å²) in [6, 6.07) is 15.1. The van der Waals surface area contributed by atoms with Crippen molar-refractivity contribution >= 4 is 5.69 Å². The molecular formula is C19H27N3O2. The van der Waals surface area contributed by atoms with Crippen LogP contribution in [0.2, 0.25) is 0 Å². The second-order valence-corrected chi connectivity index (χ2v) is 6.07. The molecule has 0 radical (unpaired) electrons. The predicted octanol–water partition coefficient (Wildman–Crippen LogP) is 2.47. The fourth-order valence-electron chi connectivity index (χ4n) is 2.59. The summed E-state index contributed by atoms with van der Waals surface area (Å²) in [5.74, 6) is 1.12. The Kier molecular flexibility index (Phi) is 6.46. The van der Waals surface area contributed by atoms with Gasteiger partial charge in [-0.1, -0.05) is 18.2 Å². The second kappa shape index (κ2) is 8.57. The van der Waals surface area contributed by atoms with Crippen LogP contribution in [0, 0.1) is 0 Å². The van der Waals surface area contributed by atoms with Crippen LogP contribution in [0.3, 0.4) is 0 Å². The highest BCUT2D eigenvalue weighted by atomic mass is 16.5. The van der Waals surface area contributed by atoms with Crippen LogP contribution < -0.4 is 15.4 Å². The van der Waals surface area contributed by atoms with Gasteiger partial charge in [0.2, 0.25) is 0 Å². The molecule has 0 fully saturated rings. The second-order valence-electron chi connectivity index (χ2n) is 6.07. The molecule has 0 bridgehead atoms. The van der Waals surface area contributed by atoms with E-state index < -0.39 is 0 Å². The summed E-state index contributed by atoms with van der Waals surface area (Å²) in [4.78, 5) is 4.19. The van der Waals surface area contributed by atoms with Crippen LogP contribution >= 0.6 is 0 Å². The summed E-state index contributed by atoms with van der Waals surface area (Å²) in [6.45, 7) is 1.95. The van der Waals surface area contributed by atoms with Crippen molar-refractivity contribution in [2.75, 3.05) is 45.7 Å². The first-order valence-electron chi connectivity index (χ1n) is 8.11. The molecule has 1 atom stereocenters. The monoisotopic (exact) mass is 329 g/mol. The molecule has 3 N–H and O–H groups in total. The highest BCUT2D eigenvalue weighted by molar-refractivity contribution is 5.52. The van der Waals surface area contributed by atoms with Crippen LogP contribution in [-0.2, 0) is 0 Å². The Morgan fingerprint density at radius 3 is 2.33 bits per heavy atom. The minimum Gasteiger partial charge on any atom is -0.508 e. The molecule has 0 amide bonds. The molecule has 1 unspecified atom stereocenters. The summed E-state index contributed by atoms with van der Waals surface area (Å²) in [5, 5.41) is 9.47. The topological polar surface area (TPSA) is 62.0 Å². The third-order valence-electron chi connectivity index (χ3n) is 4.02. The third kappa shape index (κ3) is 4.63. The van der Waals surface area contributed by atoms with Crippen LogP contribution in [0.1, 0.15) is 11.6 Å². The van der Waals surface area contributed by atoms with Crippen molar-refractivity contribution < 1.29 is 9.84 Å². The quantitative estimate of drug-likeness (QED) is 0.779. The van der Waals surface area contributed by atoms with Crippen molar-refractivity contribution in [2.45, 2.75) is 6.04 Å². The molecule has 0 saturated carbocycles. The Morgan fingerprint density at radius 2 is 1.71 bits per heavy atom. The maximum absolute atomic E-state index is 9.47. The van der Waals surface area contributed by atoms with Crippen LogP contribution in [0.4, 0.5) is 5.69 Å². The first-order valence-corrected chi connectivity index (χ1v) is 8.11. The fourth-order valence-corrected chi connectivity index (χ4v) is 2.59.